The fourth-order valence-electron chi connectivity index (χ4n) is 12.0. The third-order valence-corrected chi connectivity index (χ3v) is 13.5. The van der Waals surface area contributed by atoms with E-state index in [4.69, 9.17) is 0 Å². The van der Waals surface area contributed by atoms with Crippen molar-refractivity contribution in [3.05, 3.63) is 125 Å². The minimum Gasteiger partial charge on any atom is -0.311 e. The number of rotatable bonds is 2. The summed E-state index contributed by atoms with van der Waals surface area (Å²) in [4.78, 5) is 5.26. The third kappa shape index (κ3) is 3.24. The van der Waals surface area contributed by atoms with Crippen LogP contribution in [0.1, 0.15) is 74.1 Å². The van der Waals surface area contributed by atoms with Crippen molar-refractivity contribution >= 4 is 57.2 Å². The van der Waals surface area contributed by atoms with Gasteiger partial charge in [-0.05, 0) is 138 Å². The minimum atomic E-state index is 0.120. The first-order chi connectivity index (χ1) is 23.0. The molecule has 0 unspecified atom stereocenters. The van der Waals surface area contributed by atoms with Crippen LogP contribution in [0.4, 0.5) is 34.1 Å². The highest BCUT2D eigenvalue weighted by Crippen LogP contribution is 2.69. The van der Waals surface area contributed by atoms with E-state index in [0.717, 1.165) is 23.7 Å². The van der Waals surface area contributed by atoms with Gasteiger partial charge in [-0.3, -0.25) is 0 Å². The van der Waals surface area contributed by atoms with Crippen molar-refractivity contribution in [1.29, 1.82) is 0 Å². The molecule has 0 saturated heterocycles. The zero-order chi connectivity index (χ0) is 31.2. The summed E-state index contributed by atoms with van der Waals surface area (Å²) in [6, 6.07) is 40.5. The first-order valence-corrected chi connectivity index (χ1v) is 18.2. The molecule has 0 aromatic heterocycles. The minimum absolute atomic E-state index is 0.120. The van der Waals surface area contributed by atoms with Crippen LogP contribution in [-0.2, 0) is 5.41 Å². The largest absolute Gasteiger partial charge is 0.311 e. The van der Waals surface area contributed by atoms with Crippen molar-refractivity contribution in [3.8, 4) is 0 Å². The lowest BCUT2D eigenvalue weighted by molar-refractivity contribution is -0.0419. The molecule has 47 heavy (non-hydrogen) atoms. The lowest BCUT2D eigenvalue weighted by Gasteiger charge is -2.64. The van der Waals surface area contributed by atoms with Crippen LogP contribution in [0, 0.1) is 30.6 Å². The molecule has 0 atom stereocenters. The molecule has 0 radical (unpaired) electrons. The summed E-state index contributed by atoms with van der Waals surface area (Å²) >= 11 is 0. The molecule has 4 fully saturated rings. The molecular formula is C44H41BN2. The quantitative estimate of drug-likeness (QED) is 0.181. The maximum atomic E-state index is 2.70. The lowest BCUT2D eigenvalue weighted by atomic mass is 9.32. The van der Waals surface area contributed by atoms with Crippen molar-refractivity contribution in [3.63, 3.8) is 0 Å². The van der Waals surface area contributed by atoms with Gasteiger partial charge in [0.15, 0.2) is 0 Å². The standard InChI is InChI=1S/C44H41BN2/c1-26(2)30-17-19-33(20-18-30)46-39-15-8-16-40-41(39)45(36-12-6-9-27(3)42(36)46)37-13-7-11-35-43(37)47(40)38-14-5-4-10-34(38)44(35)31-22-28-21-29(24-31)25-32(44)23-28/h4-20,26,28-29,31-32H,21-25H2,1-3H3. The van der Waals surface area contributed by atoms with Crippen LogP contribution in [0.25, 0.3) is 0 Å². The van der Waals surface area contributed by atoms with Gasteiger partial charge in [-0.2, -0.15) is 0 Å². The summed E-state index contributed by atoms with van der Waals surface area (Å²) in [6.07, 6.45) is 7.10. The van der Waals surface area contributed by atoms with Crippen LogP contribution in [-0.4, -0.2) is 6.71 Å². The molecule has 3 heterocycles. The van der Waals surface area contributed by atoms with Crippen molar-refractivity contribution in [1.82, 2.24) is 0 Å². The maximum Gasteiger partial charge on any atom is 0.252 e. The first-order valence-electron chi connectivity index (χ1n) is 18.2. The van der Waals surface area contributed by atoms with E-state index in [0.29, 0.717) is 5.92 Å². The molecule has 2 nitrogen and oxygen atoms in total. The molecule has 7 aliphatic rings. The molecule has 5 aromatic carbocycles. The van der Waals surface area contributed by atoms with Gasteiger partial charge in [-0.1, -0.05) is 86.6 Å². The van der Waals surface area contributed by atoms with Gasteiger partial charge in [0, 0.05) is 33.9 Å². The normalized spacial score (nSPS) is 26.8. The maximum absolute atomic E-state index is 2.70. The number of fused-ring (bicyclic) bond motifs is 6. The number of nitrogens with zero attached hydrogens (tertiary/aromatic N) is 2. The van der Waals surface area contributed by atoms with E-state index in [1.807, 2.05) is 0 Å². The Morgan fingerprint density at radius 3 is 1.91 bits per heavy atom. The zero-order valence-electron chi connectivity index (χ0n) is 27.7. The van der Waals surface area contributed by atoms with E-state index >= 15 is 0 Å². The van der Waals surface area contributed by atoms with Gasteiger partial charge in [0.25, 0.3) is 6.71 Å². The number of hydrogen-bond donors (Lipinski definition) is 0. The van der Waals surface area contributed by atoms with Crippen molar-refractivity contribution in [2.45, 2.75) is 64.2 Å². The topological polar surface area (TPSA) is 6.48 Å². The monoisotopic (exact) mass is 608 g/mol. The molecule has 230 valence electrons. The Morgan fingerprint density at radius 2 is 1.19 bits per heavy atom. The number of hydrogen-bond acceptors (Lipinski definition) is 2. The number of aryl methyl sites for hydroxylation is 1. The molecule has 0 amide bonds. The van der Waals surface area contributed by atoms with Gasteiger partial charge in [0.05, 0.1) is 5.69 Å². The van der Waals surface area contributed by atoms with E-state index in [9.17, 15) is 0 Å². The summed E-state index contributed by atoms with van der Waals surface area (Å²) < 4.78 is 0. The average molecular weight is 609 g/mol. The molecule has 3 heteroatoms. The molecular weight excluding hydrogens is 567 g/mol. The highest BCUT2D eigenvalue weighted by atomic mass is 15.2. The molecule has 0 N–H and O–H groups in total. The van der Waals surface area contributed by atoms with Gasteiger partial charge >= 0.3 is 0 Å². The van der Waals surface area contributed by atoms with Crippen LogP contribution in [0.15, 0.2) is 103 Å². The Hall–Kier alpha value is -4.24. The fraction of sp³-hybridized carbons (Fsp3) is 0.318. The summed E-state index contributed by atoms with van der Waals surface area (Å²) in [5.41, 5.74) is 18.6. The number of anilines is 6. The average Bonchev–Trinajstić information content (AvgIpc) is 3.09. The fourth-order valence-corrected chi connectivity index (χ4v) is 12.0. The molecule has 4 aliphatic carbocycles. The Balaban J connectivity index is 1.21. The van der Waals surface area contributed by atoms with Crippen LogP contribution in [0.3, 0.4) is 0 Å². The van der Waals surface area contributed by atoms with Crippen molar-refractivity contribution < 1.29 is 0 Å². The van der Waals surface area contributed by atoms with Gasteiger partial charge < -0.3 is 9.80 Å². The van der Waals surface area contributed by atoms with Crippen molar-refractivity contribution in [2.24, 2.45) is 23.7 Å². The third-order valence-electron chi connectivity index (χ3n) is 13.5. The van der Waals surface area contributed by atoms with Gasteiger partial charge in [-0.25, -0.2) is 0 Å². The second-order valence-corrected chi connectivity index (χ2v) is 16.0. The Labute approximate surface area is 279 Å². The second-order valence-electron chi connectivity index (χ2n) is 16.0. The van der Waals surface area contributed by atoms with Crippen LogP contribution >= 0.6 is 0 Å². The molecule has 12 rings (SSSR count). The predicted octanol–water partition coefficient (Wildman–Crippen LogP) is 9.26. The lowest BCUT2D eigenvalue weighted by Crippen LogP contribution is -2.64. The molecule has 4 saturated carbocycles. The Morgan fingerprint density at radius 1 is 0.596 bits per heavy atom. The molecule has 5 aromatic rings. The summed E-state index contributed by atoms with van der Waals surface area (Å²) in [6.45, 7) is 7.07. The number of benzene rings is 5. The summed E-state index contributed by atoms with van der Waals surface area (Å²) in [5, 5.41) is 0. The van der Waals surface area contributed by atoms with Gasteiger partial charge in [-0.15, -0.1) is 0 Å². The zero-order valence-corrected chi connectivity index (χ0v) is 27.7. The highest BCUT2D eigenvalue weighted by molar-refractivity contribution is 7.00. The second kappa shape index (κ2) is 9.22. The van der Waals surface area contributed by atoms with Crippen LogP contribution in [0.2, 0.25) is 0 Å². The smallest absolute Gasteiger partial charge is 0.252 e. The predicted molar refractivity (Wildman–Crippen MR) is 197 cm³/mol. The van der Waals surface area contributed by atoms with E-state index in [1.54, 1.807) is 11.1 Å². The Bertz CT molecular complexity index is 2100. The first kappa shape index (κ1) is 26.8. The van der Waals surface area contributed by atoms with E-state index < -0.39 is 0 Å². The van der Waals surface area contributed by atoms with Gasteiger partial charge in [0.1, 0.15) is 0 Å². The summed E-state index contributed by atoms with van der Waals surface area (Å²) in [5.74, 6) is 3.86. The molecule has 3 aliphatic heterocycles. The summed E-state index contributed by atoms with van der Waals surface area (Å²) in [7, 11) is 0. The van der Waals surface area contributed by atoms with Gasteiger partial charge in [0.2, 0.25) is 0 Å². The van der Waals surface area contributed by atoms with Crippen molar-refractivity contribution in [2.75, 3.05) is 9.80 Å². The van der Waals surface area contributed by atoms with E-state index in [2.05, 4.69) is 134 Å². The number of para-hydroxylation sites is 3. The SMILES string of the molecule is Cc1cccc2c1N(c1ccc(C(C)C)cc1)c1cccc3c1B2c1cccc2c1N3c1ccccc1C21C2CC3CC(C2)CC1C3. The highest BCUT2D eigenvalue weighted by Gasteiger charge is 2.62. The van der Waals surface area contributed by atoms with E-state index in [-0.39, 0.29) is 12.1 Å². The van der Waals surface area contributed by atoms with Crippen LogP contribution < -0.4 is 26.2 Å². The van der Waals surface area contributed by atoms with E-state index in [1.165, 1.54) is 93.7 Å². The Kier molecular flexibility index (Phi) is 5.26. The molecule has 4 bridgehead atoms. The molecule has 1 spiro atoms. The van der Waals surface area contributed by atoms with Crippen LogP contribution in [0.5, 0.6) is 0 Å².